The highest BCUT2D eigenvalue weighted by molar-refractivity contribution is 5.94. The van der Waals surface area contributed by atoms with Crippen LogP contribution in [0, 0.1) is 0 Å². The number of aryl methyl sites for hydroxylation is 1. The highest BCUT2D eigenvalue weighted by atomic mass is 35.5. The Morgan fingerprint density at radius 1 is 1.33 bits per heavy atom. The van der Waals surface area contributed by atoms with Gasteiger partial charge < -0.3 is 27.0 Å². The summed E-state index contributed by atoms with van der Waals surface area (Å²) in [5, 5.41) is 2.90. The predicted octanol–water partition coefficient (Wildman–Crippen LogP) is -0.894. The Hall–Kier alpha value is -2.01. The SMILES string of the molecule is CCOc1ccc(C(=O)NCCCn2ccnc2)cc1.[Cl-]. The Labute approximate surface area is 130 Å². The number of halogens is 1. The van der Waals surface area contributed by atoms with Gasteiger partial charge in [-0.25, -0.2) is 4.98 Å². The molecule has 0 spiro atoms. The number of hydrogen-bond donors (Lipinski definition) is 1. The molecule has 21 heavy (non-hydrogen) atoms. The molecule has 1 heterocycles. The Kier molecular flexibility index (Phi) is 7.32. The molecular formula is C15H19ClN3O2-. The Morgan fingerprint density at radius 2 is 2.10 bits per heavy atom. The van der Waals surface area contributed by atoms with Gasteiger partial charge >= 0.3 is 0 Å². The normalized spacial score (nSPS) is 9.76. The third-order valence-corrected chi connectivity index (χ3v) is 2.87. The third-order valence-electron chi connectivity index (χ3n) is 2.87. The number of benzene rings is 1. The van der Waals surface area contributed by atoms with Crippen LogP contribution in [-0.2, 0) is 6.54 Å². The van der Waals surface area contributed by atoms with E-state index in [4.69, 9.17) is 4.74 Å². The van der Waals surface area contributed by atoms with E-state index in [0.29, 0.717) is 18.7 Å². The highest BCUT2D eigenvalue weighted by Crippen LogP contribution is 2.11. The first kappa shape index (κ1) is 17.0. The van der Waals surface area contributed by atoms with E-state index in [0.717, 1.165) is 18.7 Å². The van der Waals surface area contributed by atoms with Crippen molar-refractivity contribution < 1.29 is 21.9 Å². The molecule has 1 N–H and O–H groups in total. The Balaban J connectivity index is 0.00000220. The maximum absolute atomic E-state index is 11.9. The summed E-state index contributed by atoms with van der Waals surface area (Å²) >= 11 is 0. The molecular weight excluding hydrogens is 290 g/mol. The van der Waals surface area contributed by atoms with Crippen molar-refractivity contribution in [1.82, 2.24) is 14.9 Å². The number of hydrogen-bond acceptors (Lipinski definition) is 3. The minimum Gasteiger partial charge on any atom is -1.00 e. The van der Waals surface area contributed by atoms with E-state index in [2.05, 4.69) is 10.3 Å². The number of nitrogens with zero attached hydrogens (tertiary/aromatic N) is 2. The molecule has 2 aromatic rings. The van der Waals surface area contributed by atoms with Crippen LogP contribution in [0.5, 0.6) is 5.75 Å². The van der Waals surface area contributed by atoms with Crippen molar-refractivity contribution in [2.45, 2.75) is 19.9 Å². The summed E-state index contributed by atoms with van der Waals surface area (Å²) < 4.78 is 7.33. The zero-order valence-electron chi connectivity index (χ0n) is 12.0. The van der Waals surface area contributed by atoms with Gasteiger partial charge in [-0.3, -0.25) is 4.79 Å². The monoisotopic (exact) mass is 308 g/mol. The van der Waals surface area contributed by atoms with Crippen LogP contribution in [0.25, 0.3) is 0 Å². The predicted molar refractivity (Wildman–Crippen MR) is 76.8 cm³/mol. The highest BCUT2D eigenvalue weighted by Gasteiger charge is 2.04. The van der Waals surface area contributed by atoms with E-state index in [-0.39, 0.29) is 18.3 Å². The summed E-state index contributed by atoms with van der Waals surface area (Å²) in [6, 6.07) is 7.17. The van der Waals surface area contributed by atoms with E-state index in [1.807, 2.05) is 29.8 Å². The van der Waals surface area contributed by atoms with Gasteiger partial charge in [-0.15, -0.1) is 0 Å². The number of carbonyl (C=O) groups is 1. The molecule has 5 nitrogen and oxygen atoms in total. The van der Waals surface area contributed by atoms with Crippen LogP contribution in [0.4, 0.5) is 0 Å². The van der Waals surface area contributed by atoms with E-state index in [9.17, 15) is 4.79 Å². The lowest BCUT2D eigenvalue weighted by atomic mass is 10.2. The largest absolute Gasteiger partial charge is 1.00 e. The van der Waals surface area contributed by atoms with Gasteiger partial charge in [-0.1, -0.05) is 0 Å². The lowest BCUT2D eigenvalue weighted by molar-refractivity contribution is -0.0000132. The van der Waals surface area contributed by atoms with Crippen LogP contribution in [0.2, 0.25) is 0 Å². The maximum Gasteiger partial charge on any atom is 0.251 e. The molecule has 2 rings (SSSR count). The molecule has 114 valence electrons. The first-order valence-corrected chi connectivity index (χ1v) is 6.76. The molecule has 0 saturated heterocycles. The smallest absolute Gasteiger partial charge is 0.251 e. The van der Waals surface area contributed by atoms with Gasteiger partial charge in [0.2, 0.25) is 0 Å². The van der Waals surface area contributed by atoms with Gasteiger partial charge in [0, 0.05) is 31.0 Å². The second-order valence-electron chi connectivity index (χ2n) is 4.37. The van der Waals surface area contributed by atoms with Gasteiger partial charge in [0.1, 0.15) is 5.75 Å². The zero-order chi connectivity index (χ0) is 14.2. The fraction of sp³-hybridized carbons (Fsp3) is 0.333. The summed E-state index contributed by atoms with van der Waals surface area (Å²) in [6.45, 7) is 4.05. The van der Waals surface area contributed by atoms with E-state index >= 15 is 0 Å². The summed E-state index contributed by atoms with van der Waals surface area (Å²) in [6.07, 6.45) is 6.31. The van der Waals surface area contributed by atoms with Gasteiger partial charge in [0.15, 0.2) is 0 Å². The number of amides is 1. The van der Waals surface area contributed by atoms with Gasteiger partial charge in [0.05, 0.1) is 12.9 Å². The van der Waals surface area contributed by atoms with Crippen molar-refractivity contribution in [3.8, 4) is 5.75 Å². The van der Waals surface area contributed by atoms with Crippen LogP contribution < -0.4 is 22.5 Å². The second-order valence-corrected chi connectivity index (χ2v) is 4.37. The molecule has 1 aromatic carbocycles. The third kappa shape index (κ3) is 5.47. The number of nitrogens with one attached hydrogen (secondary N) is 1. The van der Waals surface area contributed by atoms with Crippen LogP contribution in [0.15, 0.2) is 43.0 Å². The zero-order valence-corrected chi connectivity index (χ0v) is 12.7. The van der Waals surface area contributed by atoms with Gasteiger partial charge in [0.25, 0.3) is 5.91 Å². The Morgan fingerprint density at radius 3 is 2.71 bits per heavy atom. The van der Waals surface area contributed by atoms with Crippen molar-refractivity contribution in [2.75, 3.05) is 13.2 Å². The number of aromatic nitrogens is 2. The van der Waals surface area contributed by atoms with Crippen molar-refractivity contribution in [2.24, 2.45) is 0 Å². The number of ether oxygens (including phenoxy) is 1. The molecule has 0 unspecified atom stereocenters. The molecule has 0 fully saturated rings. The molecule has 0 bridgehead atoms. The standard InChI is InChI=1S/C15H19N3O2.ClH/c1-2-20-14-6-4-13(5-7-14)15(19)17-8-3-10-18-11-9-16-12-18;/h4-7,9,11-12H,2-3,8,10H2,1H3,(H,17,19);1H/p-1. The van der Waals surface area contributed by atoms with Crippen molar-refractivity contribution in [1.29, 1.82) is 0 Å². The fourth-order valence-electron chi connectivity index (χ4n) is 1.85. The van der Waals surface area contributed by atoms with Gasteiger partial charge in [-0.2, -0.15) is 0 Å². The molecule has 0 aliphatic carbocycles. The first-order valence-electron chi connectivity index (χ1n) is 6.76. The quantitative estimate of drug-likeness (QED) is 0.675. The minimum absolute atomic E-state index is 0. The van der Waals surface area contributed by atoms with E-state index in [1.54, 1.807) is 24.7 Å². The molecule has 0 aliphatic heterocycles. The minimum atomic E-state index is -0.0568. The van der Waals surface area contributed by atoms with Crippen LogP contribution in [-0.4, -0.2) is 28.6 Å². The Bertz CT molecular complexity index is 526. The molecule has 1 amide bonds. The average Bonchev–Trinajstić information content (AvgIpc) is 2.98. The molecule has 6 heteroatoms. The van der Waals surface area contributed by atoms with Gasteiger partial charge in [-0.05, 0) is 37.6 Å². The van der Waals surface area contributed by atoms with E-state index in [1.165, 1.54) is 0 Å². The second kappa shape index (κ2) is 9.02. The average molecular weight is 309 g/mol. The number of imidazole rings is 1. The van der Waals surface area contributed by atoms with Crippen LogP contribution in [0.3, 0.4) is 0 Å². The summed E-state index contributed by atoms with van der Waals surface area (Å²) in [7, 11) is 0. The van der Waals surface area contributed by atoms with Crippen LogP contribution in [0.1, 0.15) is 23.7 Å². The fourth-order valence-corrected chi connectivity index (χ4v) is 1.85. The van der Waals surface area contributed by atoms with E-state index < -0.39 is 0 Å². The summed E-state index contributed by atoms with van der Waals surface area (Å²) in [5.74, 6) is 0.725. The lowest BCUT2D eigenvalue weighted by Crippen LogP contribution is -3.00. The summed E-state index contributed by atoms with van der Waals surface area (Å²) in [4.78, 5) is 15.9. The topological polar surface area (TPSA) is 56.1 Å². The van der Waals surface area contributed by atoms with Crippen molar-refractivity contribution in [3.63, 3.8) is 0 Å². The van der Waals surface area contributed by atoms with Crippen LogP contribution >= 0.6 is 0 Å². The maximum atomic E-state index is 11.9. The lowest BCUT2D eigenvalue weighted by Gasteiger charge is -2.07. The molecule has 1 aromatic heterocycles. The molecule has 0 saturated carbocycles. The first-order chi connectivity index (χ1) is 9.79. The summed E-state index contributed by atoms with van der Waals surface area (Å²) in [5.41, 5.74) is 0.649. The van der Waals surface area contributed by atoms with Crippen molar-refractivity contribution >= 4 is 5.91 Å². The number of carbonyl (C=O) groups excluding carboxylic acids is 1. The number of rotatable bonds is 7. The molecule has 0 atom stereocenters. The molecule has 0 aliphatic rings. The van der Waals surface area contributed by atoms with Crippen molar-refractivity contribution in [3.05, 3.63) is 48.5 Å². The molecule has 0 radical (unpaired) electrons.